The molecule has 0 saturated carbocycles. The van der Waals surface area contributed by atoms with Crippen molar-refractivity contribution in [1.29, 1.82) is 0 Å². The Balaban J connectivity index is 1.25. The summed E-state index contributed by atoms with van der Waals surface area (Å²) in [5, 5.41) is 2.33. The van der Waals surface area contributed by atoms with Crippen molar-refractivity contribution in [2.75, 3.05) is 75.8 Å². The summed E-state index contributed by atoms with van der Waals surface area (Å²) in [6.45, 7) is 11.5. The number of piperazine rings is 2. The number of hydrogen-bond acceptors (Lipinski definition) is 5. The number of carbonyl (C=O) groups excluding carboxylic acids is 1. The van der Waals surface area contributed by atoms with Crippen molar-refractivity contribution in [2.45, 2.75) is 13.8 Å². The van der Waals surface area contributed by atoms with Crippen molar-refractivity contribution < 1.29 is 9.53 Å². The molecule has 1 amide bonds. The molecule has 5 rings (SSSR count). The number of likely N-dealkylation sites (N-methyl/N-ethyl adjacent to an activating group) is 1. The van der Waals surface area contributed by atoms with Crippen LogP contribution in [-0.4, -0.2) is 81.7 Å². The molecule has 0 aromatic heterocycles. The lowest BCUT2D eigenvalue weighted by molar-refractivity contribution is -0.133. The Hall–Kier alpha value is -3.25. The van der Waals surface area contributed by atoms with Crippen LogP contribution in [0.1, 0.15) is 11.1 Å². The van der Waals surface area contributed by atoms with Gasteiger partial charge in [0.25, 0.3) is 5.91 Å². The van der Waals surface area contributed by atoms with Gasteiger partial charge in [0.15, 0.2) is 6.61 Å². The molecule has 2 aliphatic rings. The van der Waals surface area contributed by atoms with Gasteiger partial charge in [-0.25, -0.2) is 0 Å². The first-order valence-electron chi connectivity index (χ1n) is 12.7. The van der Waals surface area contributed by atoms with Crippen LogP contribution in [0.3, 0.4) is 0 Å². The largest absolute Gasteiger partial charge is 0.482 e. The van der Waals surface area contributed by atoms with Crippen molar-refractivity contribution in [3.8, 4) is 5.75 Å². The molecule has 2 fully saturated rings. The molecular formula is C29H36N4O2. The second kappa shape index (κ2) is 10.2. The molecule has 0 bridgehead atoms. The van der Waals surface area contributed by atoms with Crippen LogP contribution in [0.15, 0.2) is 54.6 Å². The molecule has 2 saturated heterocycles. The van der Waals surface area contributed by atoms with Gasteiger partial charge in [-0.05, 0) is 61.0 Å². The lowest BCUT2D eigenvalue weighted by atomic mass is 10.1. The molecule has 6 nitrogen and oxygen atoms in total. The summed E-state index contributed by atoms with van der Waals surface area (Å²) in [5.74, 6) is 0.860. The first kappa shape index (κ1) is 23.5. The number of benzene rings is 3. The average Bonchev–Trinajstić information content (AvgIpc) is 2.89. The zero-order chi connectivity index (χ0) is 24.4. The topological polar surface area (TPSA) is 39.3 Å². The highest BCUT2D eigenvalue weighted by molar-refractivity contribution is 5.89. The average molecular weight is 473 g/mol. The molecule has 0 aliphatic carbocycles. The van der Waals surface area contributed by atoms with Gasteiger partial charge in [-0.15, -0.1) is 0 Å². The van der Waals surface area contributed by atoms with Crippen LogP contribution in [0.25, 0.3) is 10.8 Å². The van der Waals surface area contributed by atoms with Gasteiger partial charge in [0.2, 0.25) is 0 Å². The summed E-state index contributed by atoms with van der Waals surface area (Å²) >= 11 is 0. The van der Waals surface area contributed by atoms with E-state index in [-0.39, 0.29) is 12.5 Å². The number of anilines is 2. The SMILES string of the molecule is Cc1cccc(N2CCN(C(=O)COc3cc4ccccc4cc3N3CCN(C)CC3)CC2)c1C. The number of fused-ring (bicyclic) bond motifs is 1. The second-order valence-electron chi connectivity index (χ2n) is 9.83. The zero-order valence-electron chi connectivity index (χ0n) is 21.2. The van der Waals surface area contributed by atoms with Crippen LogP contribution in [0.5, 0.6) is 5.75 Å². The van der Waals surface area contributed by atoms with Crippen LogP contribution in [0.4, 0.5) is 11.4 Å². The second-order valence-corrected chi connectivity index (χ2v) is 9.83. The van der Waals surface area contributed by atoms with Gasteiger partial charge >= 0.3 is 0 Å². The van der Waals surface area contributed by atoms with Gasteiger partial charge in [0.05, 0.1) is 5.69 Å². The lowest BCUT2D eigenvalue weighted by Crippen LogP contribution is -2.50. The number of hydrogen-bond donors (Lipinski definition) is 0. The highest BCUT2D eigenvalue weighted by atomic mass is 16.5. The first-order chi connectivity index (χ1) is 17.0. The number of nitrogens with zero attached hydrogens (tertiary/aromatic N) is 4. The molecule has 184 valence electrons. The van der Waals surface area contributed by atoms with Crippen LogP contribution in [0.2, 0.25) is 0 Å². The van der Waals surface area contributed by atoms with Gasteiger partial charge in [0, 0.05) is 58.0 Å². The fourth-order valence-electron chi connectivity index (χ4n) is 5.12. The molecule has 0 atom stereocenters. The fourth-order valence-corrected chi connectivity index (χ4v) is 5.12. The molecular weight excluding hydrogens is 436 g/mol. The molecule has 35 heavy (non-hydrogen) atoms. The minimum Gasteiger partial charge on any atom is -0.482 e. The predicted octanol–water partition coefficient (Wildman–Crippen LogP) is 3.94. The van der Waals surface area contributed by atoms with Gasteiger partial charge in [-0.1, -0.05) is 36.4 Å². The summed E-state index contributed by atoms with van der Waals surface area (Å²) in [5.41, 5.74) is 5.00. The Labute approximate surface area is 208 Å². The quantitative estimate of drug-likeness (QED) is 0.563. The summed E-state index contributed by atoms with van der Waals surface area (Å²) in [7, 11) is 2.16. The van der Waals surface area contributed by atoms with E-state index in [1.807, 2.05) is 11.0 Å². The van der Waals surface area contributed by atoms with Crippen molar-refractivity contribution in [1.82, 2.24) is 9.80 Å². The predicted molar refractivity (Wildman–Crippen MR) is 144 cm³/mol. The molecule has 6 heteroatoms. The summed E-state index contributed by atoms with van der Waals surface area (Å²) in [4.78, 5) is 22.2. The highest BCUT2D eigenvalue weighted by Crippen LogP contribution is 2.34. The fraction of sp³-hybridized carbons (Fsp3) is 0.414. The number of ether oxygens (including phenoxy) is 1. The van der Waals surface area contributed by atoms with Crippen molar-refractivity contribution in [2.24, 2.45) is 0 Å². The maximum atomic E-state index is 13.1. The summed E-state index contributed by atoms with van der Waals surface area (Å²) < 4.78 is 6.23. The van der Waals surface area contributed by atoms with E-state index in [1.54, 1.807) is 0 Å². The van der Waals surface area contributed by atoms with Crippen LogP contribution in [0, 0.1) is 13.8 Å². The molecule has 0 unspecified atom stereocenters. The minimum absolute atomic E-state index is 0.0584. The molecule has 3 aromatic rings. The third-order valence-corrected chi connectivity index (χ3v) is 7.57. The third-order valence-electron chi connectivity index (χ3n) is 7.57. The Kier molecular flexibility index (Phi) is 6.82. The summed E-state index contributed by atoms with van der Waals surface area (Å²) in [6.07, 6.45) is 0. The first-order valence-corrected chi connectivity index (χ1v) is 12.7. The van der Waals surface area contributed by atoms with E-state index >= 15 is 0 Å². The molecule has 0 N–H and O–H groups in total. The number of aryl methyl sites for hydroxylation is 1. The van der Waals surface area contributed by atoms with Crippen molar-refractivity contribution in [3.63, 3.8) is 0 Å². The molecule has 0 spiro atoms. The van der Waals surface area contributed by atoms with Gasteiger partial charge in [-0.3, -0.25) is 4.79 Å². The van der Waals surface area contributed by atoms with Gasteiger partial charge < -0.3 is 24.3 Å². The highest BCUT2D eigenvalue weighted by Gasteiger charge is 2.24. The van der Waals surface area contributed by atoms with E-state index in [4.69, 9.17) is 4.74 Å². The van der Waals surface area contributed by atoms with Crippen LogP contribution in [-0.2, 0) is 4.79 Å². The molecule has 3 aromatic carbocycles. The minimum atomic E-state index is 0.0584. The van der Waals surface area contributed by atoms with E-state index in [9.17, 15) is 4.79 Å². The van der Waals surface area contributed by atoms with Crippen molar-refractivity contribution in [3.05, 3.63) is 65.7 Å². The molecule has 2 aliphatic heterocycles. The maximum Gasteiger partial charge on any atom is 0.260 e. The smallest absolute Gasteiger partial charge is 0.260 e. The van der Waals surface area contributed by atoms with Crippen molar-refractivity contribution >= 4 is 28.1 Å². The zero-order valence-corrected chi connectivity index (χ0v) is 21.2. The van der Waals surface area contributed by atoms with E-state index in [0.717, 1.165) is 69.2 Å². The van der Waals surface area contributed by atoms with E-state index in [0.29, 0.717) is 0 Å². The lowest BCUT2D eigenvalue weighted by Gasteiger charge is -2.37. The monoisotopic (exact) mass is 472 g/mol. The third kappa shape index (κ3) is 5.08. The Morgan fingerprint density at radius 3 is 2.11 bits per heavy atom. The van der Waals surface area contributed by atoms with Crippen LogP contribution < -0.4 is 14.5 Å². The number of amides is 1. The number of rotatable bonds is 5. The van der Waals surface area contributed by atoms with E-state index in [2.05, 4.69) is 84.1 Å². The Morgan fingerprint density at radius 1 is 0.771 bits per heavy atom. The number of carbonyl (C=O) groups is 1. The van der Waals surface area contributed by atoms with E-state index in [1.165, 1.54) is 22.2 Å². The standard InChI is InChI=1S/C29H36N4O2/c1-22-7-6-10-26(23(22)2)31-15-17-33(18-16-31)29(34)21-35-28-20-25-9-5-4-8-24(25)19-27(28)32-13-11-30(3)12-14-32/h4-10,19-20H,11-18,21H2,1-3H3. The van der Waals surface area contributed by atoms with Gasteiger partial charge in [0.1, 0.15) is 5.75 Å². The van der Waals surface area contributed by atoms with E-state index < -0.39 is 0 Å². The Bertz CT molecular complexity index is 1190. The maximum absolute atomic E-state index is 13.1. The Morgan fingerprint density at radius 2 is 1.40 bits per heavy atom. The van der Waals surface area contributed by atoms with Crippen LogP contribution >= 0.6 is 0 Å². The molecule has 2 heterocycles. The van der Waals surface area contributed by atoms with Gasteiger partial charge in [-0.2, -0.15) is 0 Å². The molecule has 0 radical (unpaired) electrons. The summed E-state index contributed by atoms with van der Waals surface area (Å²) in [6, 6.07) is 19.1. The normalized spacial score (nSPS) is 17.2.